The summed E-state index contributed by atoms with van der Waals surface area (Å²) in [6, 6.07) is 7.72. The number of benzene rings is 2. The number of aromatic nitrogens is 3. The van der Waals surface area contributed by atoms with Crippen molar-refractivity contribution >= 4 is 16.8 Å². The first-order valence-corrected chi connectivity index (χ1v) is 8.51. The van der Waals surface area contributed by atoms with E-state index in [1.165, 1.54) is 23.2 Å². The number of nitrogens with two attached hydrogens (primary N) is 1. The number of alkyl halides is 3. The molecule has 0 spiro atoms. The van der Waals surface area contributed by atoms with Gasteiger partial charge in [0.15, 0.2) is 0 Å². The quantitative estimate of drug-likeness (QED) is 0.522. The summed E-state index contributed by atoms with van der Waals surface area (Å²) in [7, 11) is 0. The summed E-state index contributed by atoms with van der Waals surface area (Å²) in [6.07, 6.45) is 1.58. The van der Waals surface area contributed by atoms with Crippen molar-refractivity contribution in [3.05, 3.63) is 83.8 Å². The van der Waals surface area contributed by atoms with Gasteiger partial charge in [0.05, 0.1) is 29.5 Å². The number of amides is 1. The van der Waals surface area contributed by atoms with Gasteiger partial charge in [-0.2, -0.15) is 13.2 Å². The summed E-state index contributed by atoms with van der Waals surface area (Å²) in [5.41, 5.74) is 5.01. The van der Waals surface area contributed by atoms with Gasteiger partial charge in [0.1, 0.15) is 5.82 Å². The summed E-state index contributed by atoms with van der Waals surface area (Å²) < 4.78 is 57.3. The molecule has 4 rings (SSSR count). The van der Waals surface area contributed by atoms with E-state index < -0.39 is 35.6 Å². The van der Waals surface area contributed by atoms with Crippen molar-refractivity contribution < 1.29 is 22.4 Å². The van der Waals surface area contributed by atoms with Gasteiger partial charge in [-0.05, 0) is 30.3 Å². The van der Waals surface area contributed by atoms with E-state index in [0.29, 0.717) is 16.6 Å². The maximum atomic E-state index is 14.3. The molecule has 2 heterocycles. The molecule has 0 unspecified atom stereocenters. The normalized spacial score (nSPS) is 11.9. The minimum Gasteiger partial charge on any atom is -0.366 e. The van der Waals surface area contributed by atoms with Gasteiger partial charge >= 0.3 is 6.18 Å². The highest BCUT2D eigenvalue weighted by Gasteiger charge is 2.34. The first-order chi connectivity index (χ1) is 13.8. The number of fused-ring (bicyclic) bond motifs is 1. The number of carbonyl (C=O) groups is 1. The van der Waals surface area contributed by atoms with E-state index in [4.69, 9.17) is 5.73 Å². The molecule has 0 saturated heterocycles. The van der Waals surface area contributed by atoms with Crippen LogP contribution in [0.25, 0.3) is 16.6 Å². The number of hydrogen-bond donors (Lipinski definition) is 1. The number of primary amides is 1. The Labute approximate surface area is 162 Å². The Balaban J connectivity index is 1.88. The summed E-state index contributed by atoms with van der Waals surface area (Å²) in [4.78, 5) is 16.0. The topological polar surface area (TPSA) is 65.8 Å². The Morgan fingerprint density at radius 3 is 2.59 bits per heavy atom. The molecule has 2 N–H and O–H groups in total. The molecule has 2 aromatic carbocycles. The zero-order chi connectivity index (χ0) is 20.8. The Hall–Kier alpha value is -3.62. The fourth-order valence-electron chi connectivity index (χ4n) is 3.37. The molecule has 148 valence electrons. The average Bonchev–Trinajstić information content (AvgIpc) is 3.32. The van der Waals surface area contributed by atoms with Crippen LogP contribution in [0.5, 0.6) is 0 Å². The van der Waals surface area contributed by atoms with Crippen molar-refractivity contribution in [3.8, 4) is 5.69 Å². The fourth-order valence-corrected chi connectivity index (χ4v) is 3.37. The summed E-state index contributed by atoms with van der Waals surface area (Å²) in [5, 5.41) is 0.579. The summed E-state index contributed by atoms with van der Waals surface area (Å²) >= 11 is 0. The predicted octanol–water partition coefficient (Wildman–Crippen LogP) is 4.13. The summed E-state index contributed by atoms with van der Waals surface area (Å²) in [6.45, 7) is -0.407. The van der Waals surface area contributed by atoms with Gasteiger partial charge in [-0.3, -0.25) is 4.79 Å². The smallest absolute Gasteiger partial charge is 0.366 e. The largest absolute Gasteiger partial charge is 0.416 e. The SMILES string of the molecule is NC(=O)c1cc(-n2ccnc2)cc2ccn(Cc3c(F)cccc3C(F)(F)F)c12. The maximum absolute atomic E-state index is 14.3. The van der Waals surface area contributed by atoms with E-state index >= 15 is 0 Å². The molecule has 0 fully saturated rings. The van der Waals surface area contributed by atoms with Gasteiger partial charge in [0, 0.05) is 35.2 Å². The summed E-state index contributed by atoms with van der Waals surface area (Å²) in [5.74, 6) is -1.72. The lowest BCUT2D eigenvalue weighted by atomic mass is 10.1. The first-order valence-electron chi connectivity index (χ1n) is 8.51. The van der Waals surface area contributed by atoms with Crippen LogP contribution in [-0.4, -0.2) is 20.0 Å². The molecule has 4 aromatic rings. The lowest BCUT2D eigenvalue weighted by Gasteiger charge is -2.16. The van der Waals surface area contributed by atoms with Gasteiger partial charge in [-0.25, -0.2) is 9.37 Å². The highest BCUT2D eigenvalue weighted by molar-refractivity contribution is 6.06. The van der Waals surface area contributed by atoms with Crippen LogP contribution in [0.3, 0.4) is 0 Å². The zero-order valence-corrected chi connectivity index (χ0v) is 14.8. The monoisotopic (exact) mass is 402 g/mol. The zero-order valence-electron chi connectivity index (χ0n) is 14.8. The average molecular weight is 402 g/mol. The van der Waals surface area contributed by atoms with Gasteiger partial charge in [0.25, 0.3) is 5.91 Å². The van der Waals surface area contributed by atoms with E-state index in [9.17, 15) is 22.4 Å². The third-order valence-corrected chi connectivity index (χ3v) is 4.67. The Morgan fingerprint density at radius 1 is 1.14 bits per heavy atom. The van der Waals surface area contributed by atoms with Crippen LogP contribution in [0.15, 0.2) is 61.3 Å². The van der Waals surface area contributed by atoms with Gasteiger partial charge in [-0.1, -0.05) is 6.07 Å². The molecule has 0 aliphatic heterocycles. The molecule has 0 bridgehead atoms. The number of carbonyl (C=O) groups excluding carboxylic acids is 1. The molecular formula is C20H14F4N4O. The van der Waals surface area contributed by atoms with Crippen LogP contribution in [0.2, 0.25) is 0 Å². The van der Waals surface area contributed by atoms with E-state index in [1.807, 2.05) is 0 Å². The highest BCUT2D eigenvalue weighted by Crippen LogP contribution is 2.34. The molecule has 2 aromatic heterocycles. The first kappa shape index (κ1) is 18.7. The molecule has 9 heteroatoms. The van der Waals surface area contributed by atoms with Crippen molar-refractivity contribution in [2.75, 3.05) is 0 Å². The Morgan fingerprint density at radius 2 is 1.93 bits per heavy atom. The molecule has 5 nitrogen and oxygen atoms in total. The highest BCUT2D eigenvalue weighted by atomic mass is 19.4. The fraction of sp³-hybridized carbons (Fsp3) is 0.100. The van der Waals surface area contributed by atoms with E-state index in [0.717, 1.165) is 18.2 Å². The Kier molecular flexibility index (Phi) is 4.37. The van der Waals surface area contributed by atoms with E-state index in [-0.39, 0.29) is 5.56 Å². The van der Waals surface area contributed by atoms with Crippen LogP contribution >= 0.6 is 0 Å². The number of hydrogen-bond acceptors (Lipinski definition) is 2. The molecule has 0 aliphatic carbocycles. The lowest BCUT2D eigenvalue weighted by Crippen LogP contribution is -2.16. The maximum Gasteiger partial charge on any atom is 0.416 e. The third-order valence-electron chi connectivity index (χ3n) is 4.67. The second-order valence-electron chi connectivity index (χ2n) is 6.47. The van der Waals surface area contributed by atoms with Crippen LogP contribution in [-0.2, 0) is 12.7 Å². The van der Waals surface area contributed by atoms with Crippen molar-refractivity contribution in [1.82, 2.24) is 14.1 Å². The molecule has 0 radical (unpaired) electrons. The van der Waals surface area contributed by atoms with Crippen LogP contribution in [0, 0.1) is 5.82 Å². The standard InChI is InChI=1S/C20H14F4N4O/c21-17-3-1-2-16(20(22,23)24)15(17)10-27-6-4-12-8-13(28-7-5-26-11-28)9-14(18(12)27)19(25)29/h1-9,11H,10H2,(H2,25,29). The molecule has 0 aliphatic rings. The Bertz CT molecular complexity index is 1210. The molecule has 1 amide bonds. The minimum atomic E-state index is -4.71. The van der Waals surface area contributed by atoms with Crippen LogP contribution < -0.4 is 5.73 Å². The van der Waals surface area contributed by atoms with Crippen molar-refractivity contribution in [2.45, 2.75) is 12.7 Å². The second-order valence-corrected chi connectivity index (χ2v) is 6.47. The lowest BCUT2D eigenvalue weighted by molar-refractivity contribution is -0.138. The third kappa shape index (κ3) is 3.35. The molecule has 0 atom stereocenters. The molecule has 0 saturated carbocycles. The van der Waals surface area contributed by atoms with Crippen molar-refractivity contribution in [1.29, 1.82) is 0 Å². The number of halogens is 4. The minimum absolute atomic E-state index is 0.112. The van der Waals surface area contributed by atoms with Crippen LogP contribution in [0.4, 0.5) is 17.6 Å². The van der Waals surface area contributed by atoms with Crippen molar-refractivity contribution in [2.24, 2.45) is 5.73 Å². The van der Waals surface area contributed by atoms with Crippen molar-refractivity contribution in [3.63, 3.8) is 0 Å². The number of imidazole rings is 1. The number of rotatable bonds is 4. The molecular weight excluding hydrogens is 388 g/mol. The van der Waals surface area contributed by atoms with E-state index in [2.05, 4.69) is 4.98 Å². The second kappa shape index (κ2) is 6.77. The van der Waals surface area contributed by atoms with Gasteiger partial charge in [0.2, 0.25) is 0 Å². The van der Waals surface area contributed by atoms with Gasteiger partial charge in [-0.15, -0.1) is 0 Å². The van der Waals surface area contributed by atoms with Crippen LogP contribution in [0.1, 0.15) is 21.5 Å². The molecule has 29 heavy (non-hydrogen) atoms. The van der Waals surface area contributed by atoms with Gasteiger partial charge < -0.3 is 14.9 Å². The van der Waals surface area contributed by atoms with E-state index in [1.54, 1.807) is 29.1 Å². The number of nitrogens with zero attached hydrogens (tertiary/aromatic N) is 3. The predicted molar refractivity (Wildman–Crippen MR) is 98.1 cm³/mol.